The van der Waals surface area contributed by atoms with Gasteiger partial charge < -0.3 is 0 Å². The fourth-order valence-corrected chi connectivity index (χ4v) is 3.93. The lowest BCUT2D eigenvalue weighted by Crippen LogP contribution is -2.24. The van der Waals surface area contributed by atoms with Crippen molar-refractivity contribution in [1.82, 2.24) is 14.2 Å². The maximum absolute atomic E-state index is 13.2. The summed E-state index contributed by atoms with van der Waals surface area (Å²) in [5, 5.41) is 5.37. The largest absolute Gasteiger partial charge is 0.292 e. The Morgan fingerprint density at radius 3 is 2.46 bits per heavy atom. The fourth-order valence-electron chi connectivity index (χ4n) is 3.16. The molecule has 0 aliphatic rings. The van der Waals surface area contributed by atoms with Gasteiger partial charge in [-0.25, -0.2) is 4.52 Å². The Labute approximate surface area is 163 Å². The molecule has 0 radical (unpaired) electrons. The molecule has 1 unspecified atom stereocenters. The predicted octanol–water partition coefficient (Wildman–Crippen LogP) is 5.14. The van der Waals surface area contributed by atoms with Crippen molar-refractivity contribution in [3.05, 3.63) is 50.9 Å². The van der Waals surface area contributed by atoms with E-state index in [2.05, 4.69) is 26.8 Å². The number of hydrogen-bond acceptors (Lipinski definition) is 3. The van der Waals surface area contributed by atoms with Gasteiger partial charge in [0.25, 0.3) is 5.56 Å². The molecule has 0 saturated carbocycles. The molecule has 4 nitrogen and oxygen atoms in total. The molecule has 1 atom stereocenters. The molecule has 138 valence electrons. The number of rotatable bonds is 4. The van der Waals surface area contributed by atoms with Gasteiger partial charge in [0, 0.05) is 23.2 Å². The Balaban J connectivity index is 2.30. The first-order valence-electron chi connectivity index (χ1n) is 8.69. The Morgan fingerprint density at radius 2 is 1.88 bits per heavy atom. The summed E-state index contributed by atoms with van der Waals surface area (Å²) >= 11 is 8.11. The summed E-state index contributed by atoms with van der Waals surface area (Å²) in [6.45, 7) is 8.48. The number of aromatic nitrogens is 3. The SMILES string of the molecule is CSc1ccc(-c2nn3c(C)cc(C(C)C(C)C)c3c(=O)n2C)c(Cl)c1. The number of hydrogen-bond donors (Lipinski definition) is 0. The average molecular weight is 390 g/mol. The van der Waals surface area contributed by atoms with Gasteiger partial charge in [-0.1, -0.05) is 32.4 Å². The smallest absolute Gasteiger partial charge is 0.278 e. The lowest BCUT2D eigenvalue weighted by molar-refractivity contribution is 0.537. The molecular formula is C20H24ClN3OS. The first kappa shape index (κ1) is 19.1. The van der Waals surface area contributed by atoms with Crippen LogP contribution in [0.25, 0.3) is 16.9 Å². The number of halogens is 1. The van der Waals surface area contributed by atoms with E-state index in [9.17, 15) is 4.79 Å². The van der Waals surface area contributed by atoms with Crippen LogP contribution >= 0.6 is 23.4 Å². The summed E-state index contributed by atoms with van der Waals surface area (Å²) in [5.74, 6) is 1.30. The first-order chi connectivity index (χ1) is 12.3. The van der Waals surface area contributed by atoms with Crippen molar-refractivity contribution >= 4 is 28.9 Å². The van der Waals surface area contributed by atoms with Crippen molar-refractivity contribution in [3.8, 4) is 11.4 Å². The number of benzene rings is 1. The van der Waals surface area contributed by atoms with E-state index >= 15 is 0 Å². The van der Waals surface area contributed by atoms with Crippen molar-refractivity contribution < 1.29 is 0 Å². The Bertz CT molecular complexity index is 1040. The van der Waals surface area contributed by atoms with Crippen LogP contribution in [0, 0.1) is 12.8 Å². The highest BCUT2D eigenvalue weighted by atomic mass is 35.5. The molecule has 0 spiro atoms. The second-order valence-electron chi connectivity index (χ2n) is 7.07. The summed E-state index contributed by atoms with van der Waals surface area (Å²) in [6.07, 6.45) is 2.01. The minimum Gasteiger partial charge on any atom is -0.292 e. The summed E-state index contributed by atoms with van der Waals surface area (Å²) in [7, 11) is 1.76. The zero-order valence-electron chi connectivity index (χ0n) is 16.0. The van der Waals surface area contributed by atoms with Crippen LogP contribution in [0.3, 0.4) is 0 Å². The van der Waals surface area contributed by atoms with E-state index in [4.69, 9.17) is 16.7 Å². The molecule has 0 fully saturated rings. The van der Waals surface area contributed by atoms with Crippen LogP contribution in [-0.2, 0) is 7.05 Å². The Hall–Kier alpha value is -1.72. The summed E-state index contributed by atoms with van der Waals surface area (Å²) in [5.41, 5.74) is 3.39. The lowest BCUT2D eigenvalue weighted by atomic mass is 9.91. The zero-order valence-corrected chi connectivity index (χ0v) is 17.6. The molecule has 0 amide bonds. The third-order valence-corrected chi connectivity index (χ3v) is 6.15. The molecule has 3 rings (SSSR count). The molecule has 0 bridgehead atoms. The zero-order chi connectivity index (χ0) is 19.2. The van der Waals surface area contributed by atoms with Gasteiger partial charge in [-0.15, -0.1) is 16.9 Å². The van der Waals surface area contributed by atoms with Crippen molar-refractivity contribution in [3.63, 3.8) is 0 Å². The maximum atomic E-state index is 13.2. The normalized spacial score (nSPS) is 12.9. The minimum absolute atomic E-state index is 0.0457. The molecule has 2 aromatic heterocycles. The molecule has 3 aromatic rings. The summed E-state index contributed by atoms with van der Waals surface area (Å²) in [4.78, 5) is 14.3. The highest BCUT2D eigenvalue weighted by Crippen LogP contribution is 2.32. The number of thioether (sulfide) groups is 1. The van der Waals surface area contributed by atoms with E-state index in [0.29, 0.717) is 22.3 Å². The molecule has 6 heteroatoms. The van der Waals surface area contributed by atoms with Gasteiger partial charge in [0.15, 0.2) is 5.82 Å². The third kappa shape index (κ3) is 3.08. The van der Waals surface area contributed by atoms with E-state index in [-0.39, 0.29) is 11.5 Å². The summed E-state index contributed by atoms with van der Waals surface area (Å²) < 4.78 is 3.37. The van der Waals surface area contributed by atoms with Crippen LogP contribution < -0.4 is 5.56 Å². The molecule has 0 aliphatic heterocycles. The van der Waals surface area contributed by atoms with Gasteiger partial charge in [-0.2, -0.15) is 0 Å². The standard InChI is InChI=1S/C20H24ClN3OS/c1-11(2)13(4)16-9-12(3)24-18(16)20(25)23(5)19(22-24)15-8-7-14(26-6)10-17(15)21/h7-11,13H,1-6H3. The monoisotopic (exact) mass is 389 g/mol. The van der Waals surface area contributed by atoms with Crippen molar-refractivity contribution in [2.75, 3.05) is 6.26 Å². The molecule has 0 N–H and O–H groups in total. The van der Waals surface area contributed by atoms with Crippen molar-refractivity contribution in [1.29, 1.82) is 0 Å². The number of aryl methyl sites for hydroxylation is 1. The third-order valence-electron chi connectivity index (χ3n) is 5.11. The first-order valence-corrected chi connectivity index (χ1v) is 10.3. The minimum atomic E-state index is -0.0457. The maximum Gasteiger partial charge on any atom is 0.278 e. The number of fused-ring (bicyclic) bond motifs is 1. The van der Waals surface area contributed by atoms with E-state index in [1.54, 1.807) is 27.9 Å². The Morgan fingerprint density at radius 1 is 1.19 bits per heavy atom. The van der Waals surface area contributed by atoms with Crippen LogP contribution in [0.1, 0.15) is 37.9 Å². The van der Waals surface area contributed by atoms with Gasteiger partial charge in [-0.05, 0) is 54.8 Å². The van der Waals surface area contributed by atoms with E-state index in [1.165, 1.54) is 0 Å². The van der Waals surface area contributed by atoms with Crippen molar-refractivity contribution in [2.45, 2.75) is 38.5 Å². The topological polar surface area (TPSA) is 39.3 Å². The average Bonchev–Trinajstić information content (AvgIpc) is 2.94. The van der Waals surface area contributed by atoms with E-state index < -0.39 is 0 Å². The van der Waals surface area contributed by atoms with Gasteiger partial charge in [0.05, 0.1) is 5.02 Å². The molecule has 0 aliphatic carbocycles. The fraction of sp³-hybridized carbons (Fsp3) is 0.400. The van der Waals surface area contributed by atoms with Gasteiger partial charge in [0.2, 0.25) is 0 Å². The van der Waals surface area contributed by atoms with Gasteiger partial charge >= 0.3 is 0 Å². The molecule has 1 aromatic carbocycles. The van der Waals surface area contributed by atoms with Gasteiger partial charge in [0.1, 0.15) is 5.52 Å². The highest BCUT2D eigenvalue weighted by Gasteiger charge is 2.22. The molecule has 0 saturated heterocycles. The van der Waals surface area contributed by atoms with Crippen LogP contribution in [0.2, 0.25) is 5.02 Å². The second-order valence-corrected chi connectivity index (χ2v) is 8.35. The van der Waals surface area contributed by atoms with E-state index in [0.717, 1.165) is 21.7 Å². The van der Waals surface area contributed by atoms with Crippen LogP contribution in [0.15, 0.2) is 34.0 Å². The van der Waals surface area contributed by atoms with Gasteiger partial charge in [-0.3, -0.25) is 9.36 Å². The second kappa shape index (κ2) is 7.12. The summed E-state index contributed by atoms with van der Waals surface area (Å²) in [6, 6.07) is 7.92. The van der Waals surface area contributed by atoms with Crippen LogP contribution in [-0.4, -0.2) is 20.4 Å². The van der Waals surface area contributed by atoms with E-state index in [1.807, 2.05) is 31.4 Å². The highest BCUT2D eigenvalue weighted by molar-refractivity contribution is 7.98. The number of nitrogens with zero attached hydrogens (tertiary/aromatic N) is 3. The molecular weight excluding hydrogens is 366 g/mol. The Kier molecular flexibility index (Phi) is 5.22. The van der Waals surface area contributed by atoms with Crippen LogP contribution in [0.4, 0.5) is 0 Å². The van der Waals surface area contributed by atoms with Crippen molar-refractivity contribution in [2.24, 2.45) is 13.0 Å². The molecule has 26 heavy (non-hydrogen) atoms. The molecule has 2 heterocycles. The van der Waals surface area contributed by atoms with Crippen LogP contribution in [0.5, 0.6) is 0 Å². The quantitative estimate of drug-likeness (QED) is 0.579. The lowest BCUT2D eigenvalue weighted by Gasteiger charge is -2.16. The predicted molar refractivity (Wildman–Crippen MR) is 111 cm³/mol.